The van der Waals surface area contributed by atoms with Gasteiger partial charge in [-0.1, -0.05) is 91.0 Å². The first kappa shape index (κ1) is 21.8. The van der Waals surface area contributed by atoms with E-state index in [9.17, 15) is 0 Å². The molecule has 38 heavy (non-hydrogen) atoms. The van der Waals surface area contributed by atoms with Gasteiger partial charge >= 0.3 is 0 Å². The Hall–Kier alpha value is -4.30. The van der Waals surface area contributed by atoms with Crippen LogP contribution in [-0.4, -0.2) is 10.6 Å². The molecule has 2 nitrogen and oxygen atoms in total. The van der Waals surface area contributed by atoms with Crippen LogP contribution in [0.15, 0.2) is 127 Å². The molecule has 2 heterocycles. The van der Waals surface area contributed by atoms with Crippen molar-refractivity contribution < 1.29 is 0 Å². The van der Waals surface area contributed by atoms with Crippen LogP contribution in [-0.2, 0) is 0 Å². The van der Waals surface area contributed by atoms with E-state index in [0.717, 1.165) is 6.42 Å². The van der Waals surface area contributed by atoms with Gasteiger partial charge in [0.05, 0.1) is 17.1 Å². The van der Waals surface area contributed by atoms with Crippen molar-refractivity contribution in [1.29, 1.82) is 0 Å². The average molecular weight is 491 g/mol. The minimum Gasteiger partial charge on any atom is -0.334 e. The van der Waals surface area contributed by atoms with Gasteiger partial charge in [-0.2, -0.15) is 0 Å². The Kier molecular flexibility index (Phi) is 4.94. The molecule has 3 atom stereocenters. The van der Waals surface area contributed by atoms with Crippen molar-refractivity contribution in [2.75, 3.05) is 4.90 Å². The largest absolute Gasteiger partial charge is 0.334 e. The second-order valence-electron chi connectivity index (χ2n) is 10.8. The summed E-state index contributed by atoms with van der Waals surface area (Å²) in [4.78, 5) is 2.58. The van der Waals surface area contributed by atoms with Crippen LogP contribution < -0.4 is 4.90 Å². The van der Waals surface area contributed by atoms with E-state index in [1.54, 1.807) is 0 Å². The molecule has 0 N–H and O–H groups in total. The maximum atomic E-state index is 2.58. The quantitative estimate of drug-likeness (QED) is 0.229. The Morgan fingerprint density at radius 2 is 1.47 bits per heavy atom. The zero-order chi connectivity index (χ0) is 25.1. The Morgan fingerprint density at radius 3 is 2.32 bits per heavy atom. The number of anilines is 2. The standard InChI is InChI=1S/C36H30N2/c1-5-19-33-29(15-1)30-16-2-6-20-34(30)37(33)27-13-9-11-25(23-27)26-12-10-14-28(24-26)38-35-21-7-3-17-31(35)32-18-4-8-22-36(32)38/h1-3,5-17,19-22,24-25,32,36H,4,18,23H2. The van der Waals surface area contributed by atoms with Gasteiger partial charge in [-0.05, 0) is 66.8 Å². The van der Waals surface area contributed by atoms with Crippen LogP contribution in [0, 0.1) is 0 Å². The summed E-state index contributed by atoms with van der Waals surface area (Å²) in [6, 6.07) is 36.3. The molecule has 0 fully saturated rings. The third-order valence-corrected chi connectivity index (χ3v) is 8.79. The first-order valence-corrected chi connectivity index (χ1v) is 13.9. The molecule has 1 aromatic heterocycles. The zero-order valence-electron chi connectivity index (χ0n) is 21.4. The monoisotopic (exact) mass is 490 g/mol. The molecule has 3 unspecified atom stereocenters. The molecule has 2 heteroatoms. The van der Waals surface area contributed by atoms with Crippen molar-refractivity contribution in [1.82, 2.24) is 4.57 Å². The lowest BCUT2D eigenvalue weighted by molar-refractivity contribution is 0.572. The molecule has 0 spiro atoms. The number of hydrogen-bond acceptors (Lipinski definition) is 1. The lowest BCUT2D eigenvalue weighted by Crippen LogP contribution is -2.29. The Labute approximate surface area is 223 Å². The van der Waals surface area contributed by atoms with Gasteiger partial charge in [-0.3, -0.25) is 0 Å². The number of nitrogens with zero attached hydrogens (tertiary/aromatic N) is 2. The number of aromatic nitrogens is 1. The van der Waals surface area contributed by atoms with E-state index in [4.69, 9.17) is 0 Å². The second-order valence-corrected chi connectivity index (χ2v) is 10.8. The predicted molar refractivity (Wildman–Crippen MR) is 160 cm³/mol. The minimum atomic E-state index is 0.338. The number of hydrogen-bond donors (Lipinski definition) is 0. The van der Waals surface area contributed by atoms with Crippen molar-refractivity contribution in [3.05, 3.63) is 139 Å². The van der Waals surface area contributed by atoms with Crippen molar-refractivity contribution >= 4 is 38.9 Å². The van der Waals surface area contributed by atoms with Gasteiger partial charge in [0.1, 0.15) is 0 Å². The third kappa shape index (κ3) is 3.26. The molecule has 184 valence electrons. The summed E-state index contributed by atoms with van der Waals surface area (Å²) >= 11 is 0. The van der Waals surface area contributed by atoms with E-state index in [0.29, 0.717) is 17.9 Å². The number of fused-ring (bicyclic) bond motifs is 6. The van der Waals surface area contributed by atoms with Crippen LogP contribution in [0.1, 0.15) is 42.2 Å². The lowest BCUT2D eigenvalue weighted by Gasteiger charge is -2.31. The fourth-order valence-corrected chi connectivity index (χ4v) is 7.11. The highest BCUT2D eigenvalue weighted by atomic mass is 15.2. The Bertz CT molecular complexity index is 1730. The van der Waals surface area contributed by atoms with Gasteiger partial charge in [0.2, 0.25) is 0 Å². The van der Waals surface area contributed by atoms with Crippen LogP contribution in [0.2, 0.25) is 0 Å². The summed E-state index contributed by atoms with van der Waals surface area (Å²) in [5, 5.41) is 2.64. The van der Waals surface area contributed by atoms with Gasteiger partial charge in [0.25, 0.3) is 0 Å². The van der Waals surface area contributed by atoms with Crippen molar-refractivity contribution in [2.24, 2.45) is 0 Å². The van der Waals surface area contributed by atoms with Gasteiger partial charge in [-0.25, -0.2) is 0 Å². The van der Waals surface area contributed by atoms with E-state index in [-0.39, 0.29) is 0 Å². The molecular formula is C36H30N2. The van der Waals surface area contributed by atoms with Gasteiger partial charge in [0, 0.05) is 39.7 Å². The molecule has 0 bridgehead atoms. The summed E-state index contributed by atoms with van der Waals surface area (Å²) in [7, 11) is 0. The molecule has 2 aliphatic carbocycles. The molecule has 5 aromatic rings. The number of rotatable bonds is 3. The van der Waals surface area contributed by atoms with Gasteiger partial charge < -0.3 is 9.47 Å². The van der Waals surface area contributed by atoms with E-state index in [1.807, 2.05) is 0 Å². The fourth-order valence-electron chi connectivity index (χ4n) is 7.11. The highest BCUT2D eigenvalue weighted by Gasteiger charge is 2.38. The van der Waals surface area contributed by atoms with E-state index in [1.165, 1.54) is 62.8 Å². The molecule has 8 rings (SSSR count). The number of para-hydroxylation sites is 3. The maximum Gasteiger partial charge on any atom is 0.0591 e. The second kappa shape index (κ2) is 8.63. The van der Waals surface area contributed by atoms with Crippen LogP contribution >= 0.6 is 0 Å². The molecule has 0 saturated carbocycles. The number of allylic oxidation sites excluding steroid dienone is 5. The predicted octanol–water partition coefficient (Wildman–Crippen LogP) is 9.33. The first-order chi connectivity index (χ1) is 18.9. The van der Waals surface area contributed by atoms with Crippen LogP contribution in [0.25, 0.3) is 27.5 Å². The molecule has 1 aliphatic heterocycles. The molecular weight excluding hydrogens is 460 g/mol. The van der Waals surface area contributed by atoms with E-state index >= 15 is 0 Å². The molecule has 3 aliphatic rings. The van der Waals surface area contributed by atoms with Crippen LogP contribution in [0.5, 0.6) is 0 Å². The minimum absolute atomic E-state index is 0.338. The summed E-state index contributed by atoms with van der Waals surface area (Å²) in [5.41, 5.74) is 9.47. The van der Waals surface area contributed by atoms with E-state index < -0.39 is 0 Å². The van der Waals surface area contributed by atoms with Crippen LogP contribution in [0.4, 0.5) is 11.4 Å². The van der Waals surface area contributed by atoms with Crippen molar-refractivity contribution in [2.45, 2.75) is 37.1 Å². The molecule has 4 aromatic carbocycles. The summed E-state index contributed by atoms with van der Waals surface area (Å²) in [6.07, 6.45) is 15.1. The Morgan fingerprint density at radius 1 is 0.711 bits per heavy atom. The maximum absolute atomic E-state index is 2.58. The first-order valence-electron chi connectivity index (χ1n) is 13.9. The highest BCUT2D eigenvalue weighted by molar-refractivity contribution is 6.10. The smallest absolute Gasteiger partial charge is 0.0591 e. The summed E-state index contributed by atoms with van der Waals surface area (Å²) in [5.74, 6) is 0.921. The number of benzene rings is 4. The summed E-state index contributed by atoms with van der Waals surface area (Å²) < 4.78 is 2.47. The topological polar surface area (TPSA) is 8.17 Å². The average Bonchev–Trinajstić information content (AvgIpc) is 3.51. The molecule has 0 radical (unpaired) electrons. The molecule has 0 saturated heterocycles. The van der Waals surface area contributed by atoms with Gasteiger partial charge in [0.15, 0.2) is 0 Å². The normalized spacial score (nSPS) is 22.1. The van der Waals surface area contributed by atoms with Crippen molar-refractivity contribution in [3.8, 4) is 0 Å². The zero-order valence-corrected chi connectivity index (χ0v) is 21.4. The molecule has 0 amide bonds. The van der Waals surface area contributed by atoms with Crippen LogP contribution in [0.3, 0.4) is 0 Å². The van der Waals surface area contributed by atoms with Crippen molar-refractivity contribution in [3.63, 3.8) is 0 Å². The van der Waals surface area contributed by atoms with Gasteiger partial charge in [-0.15, -0.1) is 0 Å². The summed E-state index contributed by atoms with van der Waals surface area (Å²) in [6.45, 7) is 0. The SMILES string of the molecule is C1=CC(c2cccc(N3c4ccccc4C4CCC=CC43)c2)CC(n2c3ccccc3c3ccccc32)=C1. The third-order valence-electron chi connectivity index (χ3n) is 8.79. The lowest BCUT2D eigenvalue weighted by atomic mass is 9.86. The highest BCUT2D eigenvalue weighted by Crippen LogP contribution is 2.49. The fraction of sp³-hybridized carbons (Fsp3) is 0.167. The Balaban J connectivity index is 1.17. The van der Waals surface area contributed by atoms with E-state index in [2.05, 4.69) is 137 Å².